The number of carbonyl (C=O) groups is 2. The lowest BCUT2D eigenvalue weighted by Gasteiger charge is -2.48. The van der Waals surface area contributed by atoms with E-state index in [2.05, 4.69) is 5.32 Å². The van der Waals surface area contributed by atoms with Gasteiger partial charge in [0.15, 0.2) is 0 Å². The van der Waals surface area contributed by atoms with E-state index in [0.29, 0.717) is 12.8 Å². The molecule has 7 heteroatoms. The van der Waals surface area contributed by atoms with E-state index in [4.69, 9.17) is 4.74 Å². The third-order valence-corrected chi connectivity index (χ3v) is 5.76. The normalized spacial score (nSPS) is 13.5. The van der Waals surface area contributed by atoms with Crippen molar-refractivity contribution in [1.82, 2.24) is 15.1 Å². The van der Waals surface area contributed by atoms with E-state index in [9.17, 15) is 14.7 Å². The molecule has 2 aromatic carbocycles. The lowest BCUT2D eigenvalue weighted by Crippen LogP contribution is -2.67. The SMILES string of the molecule is CC(C)CN(C(=O)NC(C)(C)C)C(O)(CCCc1ccccc1)N(Cc1ccccc1)C(=O)OC(C)(C)C. The van der Waals surface area contributed by atoms with Crippen molar-refractivity contribution in [2.24, 2.45) is 5.92 Å². The summed E-state index contributed by atoms with van der Waals surface area (Å²) in [4.78, 5) is 30.2. The molecule has 38 heavy (non-hydrogen) atoms. The summed E-state index contributed by atoms with van der Waals surface area (Å²) in [5, 5.41) is 15.5. The van der Waals surface area contributed by atoms with Crippen LogP contribution in [0.1, 0.15) is 79.4 Å². The van der Waals surface area contributed by atoms with Gasteiger partial charge < -0.3 is 15.2 Å². The van der Waals surface area contributed by atoms with Crippen LogP contribution < -0.4 is 5.32 Å². The van der Waals surface area contributed by atoms with Gasteiger partial charge in [-0.1, -0.05) is 74.5 Å². The Kier molecular flexibility index (Phi) is 10.8. The second-order valence-corrected chi connectivity index (χ2v) is 12.4. The number of urea groups is 1. The summed E-state index contributed by atoms with van der Waals surface area (Å²) in [7, 11) is 0. The van der Waals surface area contributed by atoms with Crippen LogP contribution in [0.3, 0.4) is 0 Å². The van der Waals surface area contributed by atoms with Crippen LogP contribution in [-0.2, 0) is 17.7 Å². The summed E-state index contributed by atoms with van der Waals surface area (Å²) in [6, 6.07) is 19.0. The van der Waals surface area contributed by atoms with Crippen molar-refractivity contribution in [2.75, 3.05) is 6.54 Å². The van der Waals surface area contributed by atoms with Gasteiger partial charge in [0, 0.05) is 18.5 Å². The standard InChI is InChI=1S/C31H47N3O4/c1-24(2)22-33(27(35)32-29(3,4)5)31(37,21-15-20-25-16-11-9-12-17-25)34(28(36)38-30(6,7)8)23-26-18-13-10-14-19-26/h9-14,16-19,24,37H,15,20-23H2,1-8H3,(H,32,35). The van der Waals surface area contributed by atoms with E-state index in [-0.39, 0.29) is 25.4 Å². The average molecular weight is 526 g/mol. The Balaban J connectivity index is 2.58. The Morgan fingerprint density at radius 1 is 0.868 bits per heavy atom. The second kappa shape index (κ2) is 13.1. The van der Waals surface area contributed by atoms with Crippen LogP contribution in [0.5, 0.6) is 0 Å². The number of benzene rings is 2. The van der Waals surface area contributed by atoms with E-state index in [0.717, 1.165) is 11.1 Å². The summed E-state index contributed by atoms with van der Waals surface area (Å²) in [6.07, 6.45) is 0.706. The first kappa shape index (κ1) is 31.2. The van der Waals surface area contributed by atoms with E-state index >= 15 is 0 Å². The van der Waals surface area contributed by atoms with Gasteiger partial charge in [-0.2, -0.15) is 0 Å². The Morgan fingerprint density at radius 2 is 1.39 bits per heavy atom. The number of ether oxygens (including phenoxy) is 1. The molecule has 1 unspecified atom stereocenters. The van der Waals surface area contributed by atoms with Crippen LogP contribution in [0.25, 0.3) is 0 Å². The molecular weight excluding hydrogens is 478 g/mol. The lowest BCUT2D eigenvalue weighted by atomic mass is 10.0. The van der Waals surface area contributed by atoms with Crippen molar-refractivity contribution in [1.29, 1.82) is 0 Å². The summed E-state index contributed by atoms with van der Waals surface area (Å²) in [5.41, 5.74) is 0.623. The quantitative estimate of drug-likeness (QED) is 0.344. The predicted molar refractivity (Wildman–Crippen MR) is 152 cm³/mol. The number of nitrogens with zero attached hydrogens (tertiary/aromatic N) is 2. The molecule has 2 rings (SSSR count). The predicted octanol–water partition coefficient (Wildman–Crippen LogP) is 6.56. The molecule has 0 saturated heterocycles. The third kappa shape index (κ3) is 10.0. The highest BCUT2D eigenvalue weighted by Crippen LogP contribution is 2.30. The zero-order chi connectivity index (χ0) is 28.6. The molecule has 0 bridgehead atoms. The van der Waals surface area contributed by atoms with Gasteiger partial charge in [-0.3, -0.25) is 9.80 Å². The first-order chi connectivity index (χ1) is 17.6. The van der Waals surface area contributed by atoms with Crippen molar-refractivity contribution in [2.45, 2.75) is 98.2 Å². The molecule has 0 spiro atoms. The highest BCUT2D eigenvalue weighted by molar-refractivity contribution is 5.77. The number of carbonyl (C=O) groups excluding carboxylic acids is 2. The van der Waals surface area contributed by atoms with Crippen LogP contribution in [0.15, 0.2) is 60.7 Å². The molecule has 0 radical (unpaired) electrons. The van der Waals surface area contributed by atoms with Crippen LogP contribution in [0.4, 0.5) is 9.59 Å². The summed E-state index contributed by atoms with van der Waals surface area (Å²) < 4.78 is 5.79. The van der Waals surface area contributed by atoms with Crippen molar-refractivity contribution in [3.8, 4) is 0 Å². The Morgan fingerprint density at radius 3 is 1.87 bits per heavy atom. The second-order valence-electron chi connectivity index (χ2n) is 12.4. The number of aliphatic hydroxyl groups is 1. The Bertz CT molecular complexity index is 1010. The van der Waals surface area contributed by atoms with Gasteiger partial charge in [-0.25, -0.2) is 9.59 Å². The molecule has 0 saturated carbocycles. The number of hydrogen-bond acceptors (Lipinski definition) is 4. The van der Waals surface area contributed by atoms with Gasteiger partial charge in [0.05, 0.1) is 6.54 Å². The maximum Gasteiger partial charge on any atom is 0.414 e. The summed E-state index contributed by atoms with van der Waals surface area (Å²) >= 11 is 0. The van der Waals surface area contributed by atoms with Gasteiger partial charge in [0.2, 0.25) is 5.85 Å². The van der Waals surface area contributed by atoms with Gasteiger partial charge in [-0.15, -0.1) is 0 Å². The van der Waals surface area contributed by atoms with Crippen LogP contribution in [0.2, 0.25) is 0 Å². The monoisotopic (exact) mass is 525 g/mol. The van der Waals surface area contributed by atoms with Gasteiger partial charge >= 0.3 is 12.1 Å². The molecule has 0 heterocycles. The zero-order valence-electron chi connectivity index (χ0n) is 24.5. The molecule has 2 N–H and O–H groups in total. The van der Waals surface area contributed by atoms with Crippen molar-refractivity contribution < 1.29 is 19.4 Å². The number of rotatable bonds is 10. The number of aryl methyl sites for hydroxylation is 1. The lowest BCUT2D eigenvalue weighted by molar-refractivity contribution is -0.197. The van der Waals surface area contributed by atoms with Crippen LogP contribution >= 0.6 is 0 Å². The molecular formula is C31H47N3O4. The first-order valence-corrected chi connectivity index (χ1v) is 13.5. The summed E-state index contributed by atoms with van der Waals surface area (Å²) in [6.45, 7) is 15.3. The van der Waals surface area contributed by atoms with E-state index in [1.54, 1.807) is 20.8 Å². The molecule has 0 aliphatic carbocycles. The van der Waals surface area contributed by atoms with Gasteiger partial charge in [0.1, 0.15) is 5.60 Å². The van der Waals surface area contributed by atoms with Crippen LogP contribution in [0, 0.1) is 5.92 Å². The highest BCUT2D eigenvalue weighted by Gasteiger charge is 2.47. The van der Waals surface area contributed by atoms with E-state index in [1.165, 1.54) is 9.80 Å². The third-order valence-electron chi connectivity index (χ3n) is 5.76. The average Bonchev–Trinajstić information content (AvgIpc) is 2.80. The van der Waals surface area contributed by atoms with Crippen molar-refractivity contribution in [3.63, 3.8) is 0 Å². The molecule has 2 aromatic rings. The highest BCUT2D eigenvalue weighted by atomic mass is 16.6. The largest absolute Gasteiger partial charge is 0.444 e. The topological polar surface area (TPSA) is 82.1 Å². The molecule has 210 valence electrons. The molecule has 1 atom stereocenters. The number of nitrogens with one attached hydrogen (secondary N) is 1. The van der Waals surface area contributed by atoms with Crippen molar-refractivity contribution in [3.05, 3.63) is 71.8 Å². The molecule has 0 aliphatic rings. The first-order valence-electron chi connectivity index (χ1n) is 13.5. The smallest absolute Gasteiger partial charge is 0.414 e. The van der Waals surface area contributed by atoms with Gasteiger partial charge in [0.25, 0.3) is 0 Å². The molecule has 0 aliphatic heterocycles. The van der Waals surface area contributed by atoms with Crippen LogP contribution in [-0.4, -0.2) is 50.6 Å². The van der Waals surface area contributed by atoms with E-state index in [1.807, 2.05) is 95.3 Å². The molecule has 0 fully saturated rings. The maximum atomic E-state index is 13.7. The number of hydrogen-bond donors (Lipinski definition) is 2. The fourth-order valence-corrected chi connectivity index (χ4v) is 4.16. The molecule has 7 nitrogen and oxygen atoms in total. The number of amides is 3. The minimum absolute atomic E-state index is 0.0404. The Hall–Kier alpha value is -3.06. The zero-order valence-corrected chi connectivity index (χ0v) is 24.5. The fraction of sp³-hybridized carbons (Fsp3) is 0.548. The van der Waals surface area contributed by atoms with Gasteiger partial charge in [-0.05, 0) is 71.4 Å². The molecule has 3 amide bonds. The van der Waals surface area contributed by atoms with Crippen molar-refractivity contribution >= 4 is 12.1 Å². The van der Waals surface area contributed by atoms with E-state index < -0.39 is 29.1 Å². The molecule has 0 aromatic heterocycles. The minimum atomic E-state index is -1.94. The minimum Gasteiger partial charge on any atom is -0.444 e. The summed E-state index contributed by atoms with van der Waals surface area (Å²) in [5.74, 6) is -1.90. The Labute approximate surface area is 229 Å². The fourth-order valence-electron chi connectivity index (χ4n) is 4.16. The maximum absolute atomic E-state index is 13.7.